The molecular weight excluding hydrogens is 620 g/mol. The van der Waals surface area contributed by atoms with Gasteiger partial charge in [-0.3, -0.25) is 10.2 Å². The predicted molar refractivity (Wildman–Crippen MR) is 180 cm³/mol. The summed E-state index contributed by atoms with van der Waals surface area (Å²) in [5, 5.41) is 39.3. The quantitative estimate of drug-likeness (QED) is 0.0373. The van der Waals surface area contributed by atoms with E-state index in [2.05, 4.69) is 31.0 Å². The van der Waals surface area contributed by atoms with Gasteiger partial charge < -0.3 is 21.7 Å². The molecule has 0 bridgehead atoms. The van der Waals surface area contributed by atoms with Crippen molar-refractivity contribution in [1.29, 1.82) is 0 Å². The number of ketones is 1. The second-order valence-corrected chi connectivity index (χ2v) is 11.1. The van der Waals surface area contributed by atoms with Crippen LogP contribution in [-0.2, 0) is 9.59 Å². The van der Waals surface area contributed by atoms with Crippen molar-refractivity contribution in [2.24, 2.45) is 25.6 Å². The molecule has 4 aromatic carbocycles. The van der Waals surface area contributed by atoms with E-state index < -0.39 is 17.7 Å². The number of nitrogens with one attached hydrogen (secondary N) is 1. The molecule has 0 atom stereocenters. The summed E-state index contributed by atoms with van der Waals surface area (Å²) < 4.78 is 0. The first-order valence-corrected chi connectivity index (χ1v) is 14.6. The highest BCUT2D eigenvalue weighted by molar-refractivity contribution is 7.99. The summed E-state index contributed by atoms with van der Waals surface area (Å²) in [6.45, 7) is 1.79. The van der Waals surface area contributed by atoms with Crippen LogP contribution in [0.15, 0.2) is 138 Å². The molecule has 234 valence electrons. The van der Waals surface area contributed by atoms with Gasteiger partial charge in [0.05, 0.1) is 39.7 Å². The number of hydrazone groups is 1. The molecule has 0 heterocycles. The summed E-state index contributed by atoms with van der Waals surface area (Å²) in [6.07, 6.45) is 3.83. The number of aryl methyl sites for hydroxylation is 1. The lowest BCUT2D eigenvalue weighted by Gasteiger charge is -2.09. The summed E-state index contributed by atoms with van der Waals surface area (Å²) in [7, 11) is 0. The summed E-state index contributed by atoms with van der Waals surface area (Å²) >= 11 is 1.54. The highest BCUT2D eigenvalue weighted by Crippen LogP contribution is 2.41. The van der Waals surface area contributed by atoms with E-state index in [1.807, 2.05) is 48.5 Å². The zero-order chi connectivity index (χ0) is 33.5. The molecule has 0 aliphatic heterocycles. The number of nitrogens with two attached hydrogens (primary N) is 2. The maximum Gasteiger partial charge on any atom is 0.339 e. The fourth-order valence-corrected chi connectivity index (χ4v) is 4.91. The monoisotopic (exact) mass is 646 g/mol. The fraction of sp³-hybridized carbons (Fsp3) is 0.0303. The Balaban J connectivity index is 1.22. The molecule has 13 nitrogen and oxygen atoms in total. The summed E-state index contributed by atoms with van der Waals surface area (Å²) in [5.74, 6) is -2.91. The SMILES string of the molecule is Cc1cc(N=Nc2ccc(Sc3ccc(NN=C4C=CC(=O)C(C(=O)O)=C4)cc3)cc2)c(N)c(N=Nc2ccc(C(=O)O)cc2)c1N. The van der Waals surface area contributed by atoms with Gasteiger partial charge in [-0.05, 0) is 110 Å². The van der Waals surface area contributed by atoms with Crippen molar-refractivity contribution in [3.8, 4) is 0 Å². The van der Waals surface area contributed by atoms with Crippen LogP contribution >= 0.6 is 11.8 Å². The van der Waals surface area contributed by atoms with Crippen molar-refractivity contribution in [3.05, 3.63) is 114 Å². The normalized spacial score (nSPS) is 13.8. The first kappa shape index (κ1) is 32.0. The number of anilines is 3. The molecule has 47 heavy (non-hydrogen) atoms. The lowest BCUT2D eigenvalue weighted by Crippen LogP contribution is -2.15. The number of benzene rings is 4. The molecule has 1 aliphatic rings. The molecule has 0 fully saturated rings. The lowest BCUT2D eigenvalue weighted by atomic mass is 10.0. The Morgan fingerprint density at radius 3 is 1.96 bits per heavy atom. The fourth-order valence-electron chi connectivity index (χ4n) is 4.09. The molecule has 0 saturated heterocycles. The number of hydrogen-bond acceptors (Lipinski definition) is 12. The van der Waals surface area contributed by atoms with Crippen LogP contribution in [0.3, 0.4) is 0 Å². The van der Waals surface area contributed by atoms with E-state index in [9.17, 15) is 14.4 Å². The number of rotatable bonds is 10. The number of azo groups is 2. The predicted octanol–water partition coefficient (Wildman–Crippen LogP) is 7.76. The van der Waals surface area contributed by atoms with Crippen LogP contribution in [0.4, 0.5) is 39.8 Å². The maximum absolute atomic E-state index is 11.6. The number of nitrogen functional groups attached to an aromatic ring is 2. The molecule has 1 aliphatic carbocycles. The van der Waals surface area contributed by atoms with E-state index in [1.165, 1.54) is 54.3 Å². The standard InChI is InChI=1S/C33H26N8O5S/c1-18-16-27(30(35)31(29(18)34)41-38-20-4-2-19(3-5-20)32(43)44)40-37-22-8-13-25(14-9-22)47-24-11-6-21(7-12-24)36-39-23-10-15-28(42)26(17-23)33(45)46/h2-17,36H,34-35H2,1H3,(H,43,44)(H,45,46). The molecule has 14 heteroatoms. The largest absolute Gasteiger partial charge is 0.478 e. The Bertz CT molecular complexity index is 2020. The van der Waals surface area contributed by atoms with Crippen LogP contribution < -0.4 is 16.9 Å². The van der Waals surface area contributed by atoms with Gasteiger partial charge in [-0.25, -0.2) is 9.59 Å². The van der Waals surface area contributed by atoms with Crippen LogP contribution in [0.5, 0.6) is 0 Å². The highest BCUT2D eigenvalue weighted by atomic mass is 32.2. The van der Waals surface area contributed by atoms with E-state index in [4.69, 9.17) is 21.7 Å². The number of nitrogens with zero attached hydrogens (tertiary/aromatic N) is 5. The van der Waals surface area contributed by atoms with Crippen LogP contribution in [0.1, 0.15) is 15.9 Å². The minimum absolute atomic E-state index is 0.134. The van der Waals surface area contributed by atoms with Crippen LogP contribution in [0, 0.1) is 6.92 Å². The van der Waals surface area contributed by atoms with Gasteiger partial charge >= 0.3 is 11.9 Å². The van der Waals surface area contributed by atoms with Gasteiger partial charge in [0.15, 0.2) is 5.78 Å². The van der Waals surface area contributed by atoms with Crippen molar-refractivity contribution < 1.29 is 24.6 Å². The number of allylic oxidation sites excluding steroid dienone is 3. The van der Waals surface area contributed by atoms with Crippen molar-refractivity contribution in [3.63, 3.8) is 0 Å². The number of carbonyl (C=O) groups is 3. The zero-order valence-corrected chi connectivity index (χ0v) is 25.5. The van der Waals surface area contributed by atoms with Gasteiger partial charge in [-0.2, -0.15) is 15.3 Å². The zero-order valence-electron chi connectivity index (χ0n) is 24.7. The maximum atomic E-state index is 11.6. The third kappa shape index (κ3) is 8.01. The second-order valence-electron chi connectivity index (χ2n) is 9.97. The first-order valence-electron chi connectivity index (χ1n) is 13.8. The Morgan fingerprint density at radius 1 is 0.745 bits per heavy atom. The summed E-state index contributed by atoms with van der Waals surface area (Å²) in [5.41, 5.74) is 19.1. The Morgan fingerprint density at radius 2 is 1.34 bits per heavy atom. The van der Waals surface area contributed by atoms with E-state index >= 15 is 0 Å². The number of aliphatic carboxylic acids is 1. The second kappa shape index (κ2) is 14.1. The number of carboxylic acids is 2. The van der Waals surface area contributed by atoms with Gasteiger partial charge in [0.25, 0.3) is 0 Å². The molecular formula is C33H26N8O5S. The number of aromatic carboxylic acids is 1. The molecule has 0 amide bonds. The Labute approximate surface area is 272 Å². The Kier molecular flexibility index (Phi) is 9.62. The molecule has 0 saturated carbocycles. The number of hydrogen-bond donors (Lipinski definition) is 5. The lowest BCUT2D eigenvalue weighted by molar-refractivity contribution is -0.134. The van der Waals surface area contributed by atoms with Gasteiger partial charge in [0.1, 0.15) is 16.9 Å². The Hall–Kier alpha value is -6.41. The molecule has 0 aromatic heterocycles. The summed E-state index contributed by atoms with van der Waals surface area (Å²) in [4.78, 5) is 35.8. The first-order chi connectivity index (χ1) is 22.6. The van der Waals surface area contributed by atoms with E-state index in [1.54, 1.807) is 13.0 Å². The third-order valence-corrected chi connectivity index (χ3v) is 7.67. The molecule has 4 aromatic rings. The minimum Gasteiger partial charge on any atom is -0.478 e. The van der Waals surface area contributed by atoms with Crippen LogP contribution in [-0.4, -0.2) is 33.6 Å². The van der Waals surface area contributed by atoms with Crippen LogP contribution in [0.25, 0.3) is 0 Å². The summed E-state index contributed by atoms with van der Waals surface area (Å²) in [6, 6.07) is 22.6. The molecule has 0 radical (unpaired) electrons. The van der Waals surface area contributed by atoms with E-state index in [0.29, 0.717) is 39.7 Å². The van der Waals surface area contributed by atoms with Crippen molar-refractivity contribution >= 4 is 75.0 Å². The van der Waals surface area contributed by atoms with Gasteiger partial charge in [0.2, 0.25) is 0 Å². The topological polar surface area (TPSA) is 218 Å². The van der Waals surface area contributed by atoms with Gasteiger partial charge in [0, 0.05) is 9.79 Å². The molecule has 0 unspecified atom stereocenters. The molecule has 7 N–H and O–H groups in total. The van der Waals surface area contributed by atoms with E-state index in [0.717, 1.165) is 9.79 Å². The average Bonchev–Trinajstić information content (AvgIpc) is 3.06. The van der Waals surface area contributed by atoms with Gasteiger partial charge in [-0.15, -0.1) is 10.2 Å². The number of carbonyl (C=O) groups excluding carboxylic acids is 1. The third-order valence-electron chi connectivity index (χ3n) is 6.65. The van der Waals surface area contributed by atoms with E-state index in [-0.39, 0.29) is 22.5 Å². The van der Waals surface area contributed by atoms with Crippen LogP contribution in [0.2, 0.25) is 0 Å². The molecule has 0 spiro atoms. The van der Waals surface area contributed by atoms with Crippen molar-refractivity contribution in [1.82, 2.24) is 0 Å². The highest BCUT2D eigenvalue weighted by Gasteiger charge is 2.18. The smallest absolute Gasteiger partial charge is 0.339 e. The van der Waals surface area contributed by atoms with Crippen molar-refractivity contribution in [2.45, 2.75) is 16.7 Å². The number of carboxylic acid groups (broad SMARTS) is 2. The van der Waals surface area contributed by atoms with Gasteiger partial charge in [-0.1, -0.05) is 11.8 Å². The molecule has 5 rings (SSSR count). The van der Waals surface area contributed by atoms with Crippen molar-refractivity contribution in [2.75, 3.05) is 16.9 Å². The minimum atomic E-state index is -1.30. The average molecular weight is 647 g/mol.